The first-order valence-corrected chi connectivity index (χ1v) is 11.9. The minimum absolute atomic E-state index is 0.0302. The van der Waals surface area contributed by atoms with Gasteiger partial charge in [0.25, 0.3) is 0 Å². The molecule has 5 heteroatoms. The van der Waals surface area contributed by atoms with Crippen molar-refractivity contribution in [2.45, 2.75) is 103 Å². The molecular weight excluding hydrogens is 308 g/mol. The summed E-state index contributed by atoms with van der Waals surface area (Å²) in [5.74, 6) is 0. The average molecular weight is 349 g/mol. The Bertz CT molecular complexity index is 298. The molecule has 23 heavy (non-hydrogen) atoms. The van der Waals surface area contributed by atoms with E-state index in [1.165, 1.54) is 12.8 Å². The fourth-order valence-electron chi connectivity index (χ4n) is 2.34. The third-order valence-electron chi connectivity index (χ3n) is 4.92. The highest BCUT2D eigenvalue weighted by Crippen LogP contribution is 2.38. The van der Waals surface area contributed by atoms with Gasteiger partial charge in [0, 0.05) is 20.6 Å². The van der Waals surface area contributed by atoms with Gasteiger partial charge in [-0.15, -0.1) is 0 Å². The number of ether oxygens (including phenoxy) is 2. The Hall–Kier alpha value is 0.0569. The van der Waals surface area contributed by atoms with Gasteiger partial charge in [-0.3, -0.25) is 0 Å². The lowest BCUT2D eigenvalue weighted by Gasteiger charge is -2.40. The highest BCUT2D eigenvalue weighted by Gasteiger charge is 2.39. The minimum atomic E-state index is -1.89. The molecule has 0 amide bonds. The van der Waals surface area contributed by atoms with Crippen LogP contribution >= 0.6 is 0 Å². The second kappa shape index (κ2) is 10.8. The van der Waals surface area contributed by atoms with E-state index in [1.807, 2.05) is 0 Å². The molecule has 0 radical (unpaired) electrons. The summed E-state index contributed by atoms with van der Waals surface area (Å²) in [6.07, 6.45) is 4.94. The Morgan fingerprint density at radius 2 is 1.57 bits per heavy atom. The second-order valence-electron chi connectivity index (χ2n) is 8.02. The topological polar surface area (TPSA) is 47.9 Å². The molecule has 0 spiro atoms. The van der Waals surface area contributed by atoms with Gasteiger partial charge >= 0.3 is 0 Å². The number of hydrogen-bond donors (Lipinski definition) is 1. The summed E-state index contributed by atoms with van der Waals surface area (Å²) < 4.78 is 17.2. The molecule has 0 aliphatic rings. The minimum Gasteiger partial charge on any atom is -0.414 e. The largest absolute Gasteiger partial charge is 0.414 e. The van der Waals surface area contributed by atoms with Crippen LogP contribution in [0.15, 0.2) is 0 Å². The van der Waals surface area contributed by atoms with E-state index >= 15 is 0 Å². The van der Waals surface area contributed by atoms with Gasteiger partial charge in [0.15, 0.2) is 14.6 Å². The molecule has 0 aromatic heterocycles. The van der Waals surface area contributed by atoms with Crippen molar-refractivity contribution in [2.75, 3.05) is 14.2 Å². The zero-order chi connectivity index (χ0) is 18.1. The highest BCUT2D eigenvalue weighted by atomic mass is 28.4. The molecule has 0 aromatic rings. The van der Waals surface area contributed by atoms with Crippen LogP contribution in [0.2, 0.25) is 18.1 Å². The van der Waals surface area contributed by atoms with Crippen molar-refractivity contribution in [3.05, 3.63) is 0 Å². The summed E-state index contributed by atoms with van der Waals surface area (Å²) in [4.78, 5) is 0. The summed E-state index contributed by atoms with van der Waals surface area (Å²) in [5, 5.41) is 10.5. The van der Waals surface area contributed by atoms with Gasteiger partial charge in [0.2, 0.25) is 0 Å². The monoisotopic (exact) mass is 348 g/mol. The maximum absolute atomic E-state index is 10.4. The Morgan fingerprint density at radius 1 is 1.00 bits per heavy atom. The summed E-state index contributed by atoms with van der Waals surface area (Å²) in [6.45, 7) is 13.4. The van der Waals surface area contributed by atoms with Gasteiger partial charge in [-0.1, -0.05) is 47.0 Å². The van der Waals surface area contributed by atoms with Gasteiger partial charge in [0.05, 0.1) is 12.2 Å². The predicted molar refractivity (Wildman–Crippen MR) is 99.3 cm³/mol. The summed E-state index contributed by atoms with van der Waals surface area (Å²) in [7, 11) is 1.41. The first-order valence-electron chi connectivity index (χ1n) is 8.98. The highest BCUT2D eigenvalue weighted by molar-refractivity contribution is 6.74. The van der Waals surface area contributed by atoms with Crippen LogP contribution in [-0.4, -0.2) is 46.1 Å². The SMILES string of the molecule is CCCCC[C@@H](O)C[C@H](CC(OC)OC)O[Si](C)(C)C(C)(C)C. The second-order valence-corrected chi connectivity index (χ2v) is 12.8. The molecule has 0 rings (SSSR count). The lowest BCUT2D eigenvalue weighted by Crippen LogP contribution is -2.45. The number of hydrogen-bond acceptors (Lipinski definition) is 4. The Labute approximate surface area is 145 Å². The molecule has 0 fully saturated rings. The molecule has 0 heterocycles. The molecule has 1 N–H and O–H groups in total. The normalized spacial score (nSPS) is 15.9. The van der Waals surface area contributed by atoms with Crippen molar-refractivity contribution < 1.29 is 19.0 Å². The maximum atomic E-state index is 10.4. The molecule has 2 atom stereocenters. The van der Waals surface area contributed by atoms with Crippen molar-refractivity contribution in [1.29, 1.82) is 0 Å². The first kappa shape index (κ1) is 23.1. The predicted octanol–water partition coefficient (Wildman–Crippen LogP) is 4.72. The standard InChI is InChI=1S/C18H40O4Si/c1-9-10-11-12-15(19)13-16(14-17(20-5)21-6)22-23(7,8)18(2,3)4/h15-17,19H,9-14H2,1-8H3/t15-,16-/m1/s1. The number of aliphatic hydroxyl groups is 1. The number of unbranched alkanes of at least 4 members (excludes halogenated alkanes) is 2. The lowest BCUT2D eigenvalue weighted by atomic mass is 10.0. The van der Waals surface area contributed by atoms with Crippen LogP contribution in [0.4, 0.5) is 0 Å². The molecule has 0 aliphatic heterocycles. The molecule has 4 nitrogen and oxygen atoms in total. The molecule has 0 saturated carbocycles. The fraction of sp³-hybridized carbons (Fsp3) is 1.00. The van der Waals surface area contributed by atoms with E-state index in [9.17, 15) is 5.11 Å². The van der Waals surface area contributed by atoms with Crippen LogP contribution in [0.25, 0.3) is 0 Å². The van der Waals surface area contributed by atoms with E-state index in [0.29, 0.717) is 12.8 Å². The van der Waals surface area contributed by atoms with Gasteiger partial charge < -0.3 is 19.0 Å². The Kier molecular flexibility index (Phi) is 10.9. The van der Waals surface area contributed by atoms with E-state index in [1.54, 1.807) is 14.2 Å². The maximum Gasteiger partial charge on any atom is 0.192 e. The fourth-order valence-corrected chi connectivity index (χ4v) is 3.72. The van der Waals surface area contributed by atoms with E-state index in [2.05, 4.69) is 40.8 Å². The number of aliphatic hydroxyl groups excluding tert-OH is 1. The summed E-state index contributed by atoms with van der Waals surface area (Å²) >= 11 is 0. The van der Waals surface area contributed by atoms with Crippen LogP contribution in [0.3, 0.4) is 0 Å². The van der Waals surface area contributed by atoms with Gasteiger partial charge in [-0.2, -0.15) is 0 Å². The number of rotatable bonds is 12. The quantitative estimate of drug-likeness (QED) is 0.315. The van der Waals surface area contributed by atoms with Crippen molar-refractivity contribution in [3.63, 3.8) is 0 Å². The molecule has 0 saturated heterocycles. The van der Waals surface area contributed by atoms with Crippen LogP contribution in [0.1, 0.15) is 66.2 Å². The third-order valence-corrected chi connectivity index (χ3v) is 9.46. The summed E-state index contributed by atoms with van der Waals surface area (Å²) in [6, 6.07) is 0. The van der Waals surface area contributed by atoms with Crippen molar-refractivity contribution >= 4 is 8.32 Å². The van der Waals surface area contributed by atoms with E-state index < -0.39 is 8.32 Å². The van der Waals surface area contributed by atoms with Crippen LogP contribution in [0, 0.1) is 0 Å². The van der Waals surface area contributed by atoms with Crippen LogP contribution in [0.5, 0.6) is 0 Å². The Morgan fingerprint density at radius 3 is 2.00 bits per heavy atom. The first-order chi connectivity index (χ1) is 10.6. The third kappa shape index (κ3) is 9.20. The van der Waals surface area contributed by atoms with Crippen LogP contribution in [-0.2, 0) is 13.9 Å². The van der Waals surface area contributed by atoms with Crippen LogP contribution < -0.4 is 0 Å². The van der Waals surface area contributed by atoms with E-state index in [0.717, 1.165) is 12.8 Å². The molecule has 140 valence electrons. The molecule has 0 aliphatic carbocycles. The van der Waals surface area contributed by atoms with Gasteiger partial charge in [-0.25, -0.2) is 0 Å². The van der Waals surface area contributed by atoms with Crippen molar-refractivity contribution in [3.8, 4) is 0 Å². The number of methoxy groups -OCH3 is 2. The van der Waals surface area contributed by atoms with E-state index in [4.69, 9.17) is 13.9 Å². The van der Waals surface area contributed by atoms with Gasteiger partial charge in [-0.05, 0) is 31.0 Å². The molecule has 0 bridgehead atoms. The average Bonchev–Trinajstić information content (AvgIpc) is 2.43. The zero-order valence-corrected chi connectivity index (χ0v) is 17.6. The molecular formula is C18H40O4Si. The van der Waals surface area contributed by atoms with Crippen molar-refractivity contribution in [1.82, 2.24) is 0 Å². The molecule has 0 aromatic carbocycles. The van der Waals surface area contributed by atoms with E-state index in [-0.39, 0.29) is 23.5 Å². The van der Waals surface area contributed by atoms with Gasteiger partial charge in [0.1, 0.15) is 0 Å². The lowest BCUT2D eigenvalue weighted by molar-refractivity contribution is -0.123. The van der Waals surface area contributed by atoms with Crippen molar-refractivity contribution in [2.24, 2.45) is 0 Å². The Balaban J connectivity index is 4.81. The summed E-state index contributed by atoms with van der Waals surface area (Å²) in [5.41, 5.74) is 0. The zero-order valence-electron chi connectivity index (χ0n) is 16.6. The molecule has 0 unspecified atom stereocenters. The smallest absolute Gasteiger partial charge is 0.192 e.